The normalized spacial score (nSPS) is 19.1. The highest BCUT2D eigenvalue weighted by Gasteiger charge is 2.42. The maximum absolute atomic E-state index is 12.5. The minimum atomic E-state index is -0.554. The van der Waals surface area contributed by atoms with E-state index in [0.717, 1.165) is 11.3 Å². The number of carbonyl (C=O) groups excluding carboxylic acids is 2. The number of thiophene rings is 1. The summed E-state index contributed by atoms with van der Waals surface area (Å²) in [4.78, 5) is 26.8. The Morgan fingerprint density at radius 2 is 1.92 bits per heavy atom. The van der Waals surface area contributed by atoms with E-state index in [2.05, 4.69) is 5.32 Å². The highest BCUT2D eigenvalue weighted by molar-refractivity contribution is 7.18. The minimum Gasteiger partial charge on any atom is -0.376 e. The molecule has 6 nitrogen and oxygen atoms in total. The molecular weight excluding hydrogens is 376 g/mol. The second-order valence-corrected chi connectivity index (χ2v) is 7.99. The van der Waals surface area contributed by atoms with Crippen molar-refractivity contribution < 1.29 is 19.1 Å². The van der Waals surface area contributed by atoms with E-state index in [0.29, 0.717) is 35.6 Å². The lowest BCUT2D eigenvalue weighted by molar-refractivity contribution is -0.125. The van der Waals surface area contributed by atoms with Gasteiger partial charge in [-0.25, -0.2) is 0 Å². The molecule has 8 heteroatoms. The molecule has 136 valence electrons. The summed E-state index contributed by atoms with van der Waals surface area (Å²) >= 11 is 7.16. The number of ether oxygens (including phenoxy) is 2. The number of hydrogen-bond donors (Lipinski definition) is 1. The first-order valence-corrected chi connectivity index (χ1v) is 9.41. The Morgan fingerprint density at radius 1 is 1.15 bits per heavy atom. The van der Waals surface area contributed by atoms with Crippen molar-refractivity contribution in [1.82, 2.24) is 5.32 Å². The van der Waals surface area contributed by atoms with E-state index in [9.17, 15) is 9.59 Å². The lowest BCUT2D eigenvalue weighted by atomic mass is 9.87. The van der Waals surface area contributed by atoms with Crippen LogP contribution in [0.3, 0.4) is 0 Å². The topological polar surface area (TPSA) is 67.9 Å². The van der Waals surface area contributed by atoms with Crippen LogP contribution >= 0.6 is 22.9 Å². The Balaban J connectivity index is 1.53. The van der Waals surface area contributed by atoms with E-state index in [-0.39, 0.29) is 18.4 Å². The molecule has 1 N–H and O–H groups in total. The summed E-state index contributed by atoms with van der Waals surface area (Å²) in [7, 11) is 0. The fraction of sp³-hybridized carbons (Fsp3) is 0.333. The zero-order chi connectivity index (χ0) is 18.1. The van der Waals surface area contributed by atoms with Gasteiger partial charge in [0.25, 0.3) is 11.8 Å². The van der Waals surface area contributed by atoms with Crippen molar-refractivity contribution in [2.45, 2.75) is 5.54 Å². The van der Waals surface area contributed by atoms with E-state index >= 15 is 0 Å². The molecule has 1 aromatic carbocycles. The van der Waals surface area contributed by atoms with Gasteiger partial charge >= 0.3 is 0 Å². The third-order valence-electron chi connectivity index (χ3n) is 4.56. The van der Waals surface area contributed by atoms with E-state index < -0.39 is 5.54 Å². The number of halogens is 1. The van der Waals surface area contributed by atoms with Gasteiger partial charge in [0.05, 0.1) is 29.0 Å². The molecule has 0 aliphatic carbocycles. The molecule has 26 heavy (non-hydrogen) atoms. The van der Waals surface area contributed by atoms with Gasteiger partial charge < -0.3 is 19.7 Å². The van der Waals surface area contributed by atoms with E-state index in [4.69, 9.17) is 21.1 Å². The van der Waals surface area contributed by atoms with Gasteiger partial charge in [-0.05, 0) is 29.8 Å². The van der Waals surface area contributed by atoms with Gasteiger partial charge in [0.15, 0.2) is 0 Å². The van der Waals surface area contributed by atoms with Crippen LogP contribution in [-0.2, 0) is 19.8 Å². The van der Waals surface area contributed by atoms with Crippen molar-refractivity contribution in [3.05, 3.63) is 51.2 Å². The average Bonchev–Trinajstić information content (AvgIpc) is 3.05. The lowest BCUT2D eigenvalue weighted by Gasteiger charge is -2.42. The predicted molar refractivity (Wildman–Crippen MR) is 98.9 cm³/mol. The van der Waals surface area contributed by atoms with Gasteiger partial charge in [0.1, 0.15) is 12.1 Å². The maximum atomic E-state index is 12.5. The molecule has 4 rings (SSSR count). The SMILES string of the molecule is O=C(NC1(c2ccc(N3CCOCC3=O)cc2)COC1)c1ccc(Cl)s1. The molecule has 2 aromatic rings. The first kappa shape index (κ1) is 17.5. The molecule has 2 amide bonds. The number of benzene rings is 1. The molecular formula is C18H17ClN2O4S. The van der Waals surface area contributed by atoms with Crippen molar-refractivity contribution in [3.63, 3.8) is 0 Å². The Labute approximate surface area is 159 Å². The number of morpholine rings is 1. The molecule has 2 saturated heterocycles. The number of rotatable bonds is 4. The van der Waals surface area contributed by atoms with Crippen LogP contribution in [0, 0.1) is 0 Å². The van der Waals surface area contributed by atoms with E-state index in [1.165, 1.54) is 11.3 Å². The van der Waals surface area contributed by atoms with Crippen LogP contribution in [0.2, 0.25) is 4.34 Å². The molecule has 0 unspecified atom stereocenters. The van der Waals surface area contributed by atoms with Crippen molar-refractivity contribution in [2.24, 2.45) is 0 Å². The Bertz CT molecular complexity index is 832. The van der Waals surface area contributed by atoms with E-state index in [1.807, 2.05) is 24.3 Å². The molecule has 0 radical (unpaired) electrons. The number of nitrogens with zero attached hydrogens (tertiary/aromatic N) is 1. The summed E-state index contributed by atoms with van der Waals surface area (Å²) in [6, 6.07) is 11.1. The van der Waals surface area contributed by atoms with Gasteiger partial charge in [-0.1, -0.05) is 23.7 Å². The number of amides is 2. The first-order valence-electron chi connectivity index (χ1n) is 8.22. The summed E-state index contributed by atoms with van der Waals surface area (Å²) in [5, 5.41) is 3.07. The second-order valence-electron chi connectivity index (χ2n) is 6.28. The average molecular weight is 393 g/mol. The molecule has 0 spiro atoms. The van der Waals surface area contributed by atoms with E-state index in [1.54, 1.807) is 17.0 Å². The summed E-state index contributed by atoms with van der Waals surface area (Å²) in [6.07, 6.45) is 0. The van der Waals surface area contributed by atoms with Gasteiger partial charge in [0, 0.05) is 12.2 Å². The fourth-order valence-electron chi connectivity index (χ4n) is 3.08. The van der Waals surface area contributed by atoms with Crippen LogP contribution in [0.5, 0.6) is 0 Å². The smallest absolute Gasteiger partial charge is 0.262 e. The summed E-state index contributed by atoms with van der Waals surface area (Å²) in [6.45, 7) is 2.01. The fourth-order valence-corrected chi connectivity index (χ4v) is 4.02. The molecule has 2 aliphatic heterocycles. The summed E-state index contributed by atoms with van der Waals surface area (Å²) in [5.41, 5.74) is 1.22. The third-order valence-corrected chi connectivity index (χ3v) is 5.79. The summed E-state index contributed by atoms with van der Waals surface area (Å²) < 4.78 is 11.1. The standard InChI is InChI=1S/C18H17ClN2O4S/c19-15-6-5-14(26-15)17(23)20-18(10-25-11-18)12-1-3-13(4-2-12)21-7-8-24-9-16(21)22/h1-6H,7-11H2,(H,20,23). The second kappa shape index (κ2) is 7.00. The maximum Gasteiger partial charge on any atom is 0.262 e. The zero-order valence-corrected chi connectivity index (χ0v) is 15.4. The zero-order valence-electron chi connectivity index (χ0n) is 13.9. The molecule has 2 fully saturated rings. The van der Waals surface area contributed by atoms with Crippen LogP contribution in [0.4, 0.5) is 5.69 Å². The summed E-state index contributed by atoms with van der Waals surface area (Å²) in [5.74, 6) is -0.216. The molecule has 3 heterocycles. The molecule has 1 aromatic heterocycles. The van der Waals surface area contributed by atoms with Crippen LogP contribution < -0.4 is 10.2 Å². The van der Waals surface area contributed by atoms with Gasteiger partial charge in [0.2, 0.25) is 0 Å². The number of hydrogen-bond acceptors (Lipinski definition) is 5. The Morgan fingerprint density at radius 3 is 2.50 bits per heavy atom. The largest absolute Gasteiger partial charge is 0.376 e. The monoisotopic (exact) mass is 392 g/mol. The van der Waals surface area contributed by atoms with Crippen LogP contribution in [0.15, 0.2) is 36.4 Å². The third kappa shape index (κ3) is 3.23. The number of anilines is 1. The quantitative estimate of drug-likeness (QED) is 0.867. The highest BCUT2D eigenvalue weighted by Crippen LogP contribution is 2.32. The Kier molecular flexibility index (Phi) is 4.71. The predicted octanol–water partition coefficient (Wildman–Crippen LogP) is 2.42. The van der Waals surface area contributed by atoms with Gasteiger partial charge in [-0.3, -0.25) is 9.59 Å². The van der Waals surface area contributed by atoms with Crippen LogP contribution in [0.25, 0.3) is 0 Å². The molecule has 2 aliphatic rings. The minimum absolute atomic E-state index is 0.0476. The van der Waals surface area contributed by atoms with Crippen molar-refractivity contribution in [2.75, 3.05) is 37.9 Å². The number of carbonyl (C=O) groups is 2. The van der Waals surface area contributed by atoms with Crippen molar-refractivity contribution >= 4 is 40.4 Å². The Hall–Kier alpha value is -1.93. The van der Waals surface area contributed by atoms with Crippen molar-refractivity contribution in [3.8, 4) is 0 Å². The van der Waals surface area contributed by atoms with Crippen molar-refractivity contribution in [1.29, 1.82) is 0 Å². The van der Waals surface area contributed by atoms with Crippen LogP contribution in [0.1, 0.15) is 15.2 Å². The number of nitrogens with one attached hydrogen (secondary N) is 1. The first-order chi connectivity index (χ1) is 12.6. The molecule has 0 atom stereocenters. The highest BCUT2D eigenvalue weighted by atomic mass is 35.5. The molecule has 0 bridgehead atoms. The van der Waals surface area contributed by atoms with Crippen LogP contribution in [-0.4, -0.2) is 44.8 Å². The van der Waals surface area contributed by atoms with Gasteiger partial charge in [-0.15, -0.1) is 11.3 Å². The molecule has 0 saturated carbocycles. The lowest BCUT2D eigenvalue weighted by Crippen LogP contribution is -2.59. The van der Waals surface area contributed by atoms with Gasteiger partial charge in [-0.2, -0.15) is 0 Å².